The molecule has 0 unspecified atom stereocenters. The van der Waals surface area contributed by atoms with Crippen LogP contribution in [0, 0.1) is 0 Å². The Kier molecular flexibility index (Phi) is 2.71. The molecule has 0 aliphatic heterocycles. The SMILES string of the molecule is FC(F)(F)c1ccc(-c2n[nH]c(Br)n2)cc1. The van der Waals surface area contributed by atoms with Crippen LogP contribution in [0.2, 0.25) is 0 Å². The average Bonchev–Trinajstić information content (AvgIpc) is 2.64. The molecule has 0 spiro atoms. The Labute approximate surface area is 96.8 Å². The summed E-state index contributed by atoms with van der Waals surface area (Å²) in [5.74, 6) is 0.348. The van der Waals surface area contributed by atoms with Gasteiger partial charge in [-0.15, -0.1) is 0 Å². The number of hydrogen-bond acceptors (Lipinski definition) is 2. The fourth-order valence-electron chi connectivity index (χ4n) is 1.18. The molecule has 84 valence electrons. The van der Waals surface area contributed by atoms with Gasteiger partial charge in [0.2, 0.25) is 0 Å². The lowest BCUT2D eigenvalue weighted by Crippen LogP contribution is -2.04. The summed E-state index contributed by atoms with van der Waals surface area (Å²) in [4.78, 5) is 3.94. The van der Waals surface area contributed by atoms with Crippen molar-refractivity contribution in [2.75, 3.05) is 0 Å². The molecule has 0 saturated heterocycles. The van der Waals surface area contributed by atoms with Crippen molar-refractivity contribution in [2.24, 2.45) is 0 Å². The average molecular weight is 292 g/mol. The van der Waals surface area contributed by atoms with Gasteiger partial charge in [0, 0.05) is 5.56 Å². The van der Waals surface area contributed by atoms with Crippen LogP contribution in [0.25, 0.3) is 11.4 Å². The minimum atomic E-state index is -4.32. The molecular formula is C9H5BrF3N3. The van der Waals surface area contributed by atoms with Crippen molar-refractivity contribution in [3.8, 4) is 11.4 Å². The smallest absolute Gasteiger partial charge is 0.253 e. The van der Waals surface area contributed by atoms with Crippen molar-refractivity contribution >= 4 is 15.9 Å². The summed E-state index contributed by atoms with van der Waals surface area (Å²) in [5.41, 5.74) is -0.166. The molecule has 1 N–H and O–H groups in total. The standard InChI is InChI=1S/C9H5BrF3N3/c10-8-14-7(15-16-8)5-1-3-6(4-2-5)9(11,12)13/h1-4H,(H,14,15,16). The van der Waals surface area contributed by atoms with Crippen LogP contribution >= 0.6 is 15.9 Å². The number of alkyl halides is 3. The highest BCUT2D eigenvalue weighted by molar-refractivity contribution is 9.10. The first-order valence-electron chi connectivity index (χ1n) is 4.22. The van der Waals surface area contributed by atoms with E-state index in [2.05, 4.69) is 31.1 Å². The molecule has 3 nitrogen and oxygen atoms in total. The Morgan fingerprint density at radius 3 is 2.19 bits per heavy atom. The first-order chi connectivity index (χ1) is 7.47. The van der Waals surface area contributed by atoms with Crippen molar-refractivity contribution in [2.45, 2.75) is 6.18 Å². The molecule has 2 rings (SSSR count). The van der Waals surface area contributed by atoms with E-state index in [4.69, 9.17) is 0 Å². The van der Waals surface area contributed by atoms with Crippen molar-refractivity contribution in [3.63, 3.8) is 0 Å². The molecule has 0 fully saturated rings. The fraction of sp³-hybridized carbons (Fsp3) is 0.111. The summed E-state index contributed by atoms with van der Waals surface area (Å²) >= 11 is 3.07. The highest BCUT2D eigenvalue weighted by Crippen LogP contribution is 2.30. The van der Waals surface area contributed by atoms with Crippen LogP contribution in [-0.4, -0.2) is 15.2 Å². The van der Waals surface area contributed by atoms with Crippen LogP contribution in [-0.2, 0) is 6.18 Å². The molecule has 0 atom stereocenters. The highest BCUT2D eigenvalue weighted by atomic mass is 79.9. The molecule has 1 aromatic carbocycles. The van der Waals surface area contributed by atoms with Gasteiger partial charge in [-0.3, -0.25) is 5.10 Å². The summed E-state index contributed by atoms with van der Waals surface area (Å²) in [7, 11) is 0. The van der Waals surface area contributed by atoms with Gasteiger partial charge in [0.1, 0.15) is 0 Å². The molecular weight excluding hydrogens is 287 g/mol. The van der Waals surface area contributed by atoms with Crippen molar-refractivity contribution in [1.29, 1.82) is 0 Å². The quantitative estimate of drug-likeness (QED) is 0.876. The maximum Gasteiger partial charge on any atom is 0.416 e. The molecule has 7 heteroatoms. The van der Waals surface area contributed by atoms with E-state index in [1.807, 2.05) is 0 Å². The predicted octanol–water partition coefficient (Wildman–Crippen LogP) is 3.25. The molecule has 2 aromatic rings. The molecule has 0 aliphatic carbocycles. The highest BCUT2D eigenvalue weighted by Gasteiger charge is 2.30. The second-order valence-electron chi connectivity index (χ2n) is 3.02. The molecule has 1 heterocycles. The molecule has 0 bridgehead atoms. The summed E-state index contributed by atoms with van der Waals surface area (Å²) < 4.78 is 37.3. The zero-order valence-corrected chi connectivity index (χ0v) is 9.30. The van der Waals surface area contributed by atoms with Crippen molar-refractivity contribution in [1.82, 2.24) is 15.2 Å². The Bertz CT molecular complexity index is 489. The van der Waals surface area contributed by atoms with Gasteiger partial charge < -0.3 is 0 Å². The normalized spacial score (nSPS) is 11.8. The maximum absolute atomic E-state index is 12.3. The number of hydrogen-bond donors (Lipinski definition) is 1. The van der Waals surface area contributed by atoms with Gasteiger partial charge in [-0.05, 0) is 28.1 Å². The van der Waals surface area contributed by atoms with E-state index >= 15 is 0 Å². The topological polar surface area (TPSA) is 41.6 Å². The third kappa shape index (κ3) is 2.24. The van der Waals surface area contributed by atoms with Crippen LogP contribution in [0.4, 0.5) is 13.2 Å². The minimum Gasteiger partial charge on any atom is -0.253 e. The van der Waals surface area contributed by atoms with E-state index in [9.17, 15) is 13.2 Å². The summed E-state index contributed by atoms with van der Waals surface area (Å²) in [6.07, 6.45) is -4.32. The second-order valence-corrected chi connectivity index (χ2v) is 3.78. The zero-order valence-electron chi connectivity index (χ0n) is 7.72. The van der Waals surface area contributed by atoms with Gasteiger partial charge in [0.25, 0.3) is 0 Å². The predicted molar refractivity (Wildman–Crippen MR) is 54.5 cm³/mol. The summed E-state index contributed by atoms with van der Waals surface area (Å²) in [6, 6.07) is 4.66. The number of H-pyrrole nitrogens is 1. The molecule has 0 saturated carbocycles. The lowest BCUT2D eigenvalue weighted by molar-refractivity contribution is -0.137. The molecule has 0 aliphatic rings. The van der Waals surface area contributed by atoms with Crippen LogP contribution in [0.1, 0.15) is 5.56 Å². The third-order valence-corrected chi connectivity index (χ3v) is 2.28. The lowest BCUT2D eigenvalue weighted by atomic mass is 10.1. The number of aromatic amines is 1. The van der Waals surface area contributed by atoms with Gasteiger partial charge in [-0.1, -0.05) is 12.1 Å². The fourth-order valence-corrected chi connectivity index (χ4v) is 1.44. The van der Waals surface area contributed by atoms with E-state index < -0.39 is 11.7 Å². The van der Waals surface area contributed by atoms with Gasteiger partial charge in [-0.25, -0.2) is 4.98 Å². The molecule has 16 heavy (non-hydrogen) atoms. The number of benzene rings is 1. The van der Waals surface area contributed by atoms with Crippen LogP contribution < -0.4 is 0 Å². The first-order valence-corrected chi connectivity index (χ1v) is 5.01. The van der Waals surface area contributed by atoms with Gasteiger partial charge >= 0.3 is 6.18 Å². The van der Waals surface area contributed by atoms with Gasteiger partial charge in [-0.2, -0.15) is 18.3 Å². The lowest BCUT2D eigenvalue weighted by Gasteiger charge is -2.05. The Balaban J connectivity index is 2.33. The summed E-state index contributed by atoms with van der Waals surface area (Å²) in [5, 5.41) is 6.36. The van der Waals surface area contributed by atoms with E-state index in [0.29, 0.717) is 16.1 Å². The largest absolute Gasteiger partial charge is 0.416 e. The van der Waals surface area contributed by atoms with Crippen molar-refractivity contribution < 1.29 is 13.2 Å². The number of aromatic nitrogens is 3. The Morgan fingerprint density at radius 1 is 1.12 bits per heavy atom. The Hall–Kier alpha value is -1.37. The van der Waals surface area contributed by atoms with E-state index in [0.717, 1.165) is 12.1 Å². The van der Waals surface area contributed by atoms with E-state index in [1.54, 1.807) is 0 Å². The van der Waals surface area contributed by atoms with E-state index in [1.165, 1.54) is 12.1 Å². The number of halogens is 4. The van der Waals surface area contributed by atoms with Crippen LogP contribution in [0.5, 0.6) is 0 Å². The molecule has 0 amide bonds. The Morgan fingerprint density at radius 2 is 1.75 bits per heavy atom. The van der Waals surface area contributed by atoms with E-state index in [-0.39, 0.29) is 0 Å². The number of nitrogens with zero attached hydrogens (tertiary/aromatic N) is 2. The van der Waals surface area contributed by atoms with Gasteiger partial charge in [0.05, 0.1) is 5.56 Å². The zero-order chi connectivity index (χ0) is 11.8. The third-order valence-electron chi connectivity index (χ3n) is 1.93. The maximum atomic E-state index is 12.3. The van der Waals surface area contributed by atoms with Crippen LogP contribution in [0.3, 0.4) is 0 Å². The number of nitrogens with one attached hydrogen (secondary N) is 1. The molecule has 1 aromatic heterocycles. The molecule has 0 radical (unpaired) electrons. The summed E-state index contributed by atoms with van der Waals surface area (Å²) in [6.45, 7) is 0. The second kappa shape index (κ2) is 3.89. The minimum absolute atomic E-state index is 0.348. The van der Waals surface area contributed by atoms with Crippen LogP contribution in [0.15, 0.2) is 29.0 Å². The monoisotopic (exact) mass is 291 g/mol. The number of rotatable bonds is 1. The first kappa shape index (κ1) is 11.1. The van der Waals surface area contributed by atoms with Gasteiger partial charge in [0.15, 0.2) is 10.6 Å². The van der Waals surface area contributed by atoms with Crippen molar-refractivity contribution in [3.05, 3.63) is 34.6 Å².